The molecule has 2 fully saturated rings. The number of nitrogens with zero attached hydrogens (tertiary/aromatic N) is 1. The van der Waals surface area contributed by atoms with Crippen molar-refractivity contribution in [2.24, 2.45) is 0 Å². The van der Waals surface area contributed by atoms with Gasteiger partial charge in [0.05, 0.1) is 17.1 Å². The number of anilines is 1. The van der Waals surface area contributed by atoms with Gasteiger partial charge < -0.3 is 15.4 Å². The van der Waals surface area contributed by atoms with E-state index in [0.717, 1.165) is 12.8 Å². The molecule has 32 heavy (non-hydrogen) atoms. The molecule has 0 unspecified atom stereocenters. The molecule has 0 radical (unpaired) electrons. The Morgan fingerprint density at radius 3 is 2.22 bits per heavy atom. The first-order chi connectivity index (χ1) is 15.2. The molecule has 2 aromatic carbocycles. The molecule has 0 bridgehead atoms. The van der Waals surface area contributed by atoms with Crippen LogP contribution in [0.3, 0.4) is 0 Å². The van der Waals surface area contributed by atoms with Crippen LogP contribution < -0.4 is 10.6 Å². The molecule has 9 heteroatoms. The van der Waals surface area contributed by atoms with Gasteiger partial charge in [-0.15, -0.1) is 0 Å². The Kier molecular flexibility index (Phi) is 6.32. The number of hydrogen-bond donors (Lipinski definition) is 2. The minimum Gasteiger partial charge on any atom is -0.373 e. The van der Waals surface area contributed by atoms with Crippen LogP contribution in [-0.4, -0.2) is 55.9 Å². The number of carbonyl (C=O) groups excluding carboxylic acids is 2. The molecule has 0 spiro atoms. The zero-order chi connectivity index (χ0) is 22.9. The van der Waals surface area contributed by atoms with Gasteiger partial charge in [0.25, 0.3) is 11.8 Å². The molecule has 1 heterocycles. The van der Waals surface area contributed by atoms with Crippen LogP contribution in [0.5, 0.6) is 0 Å². The fourth-order valence-corrected chi connectivity index (χ4v) is 5.28. The van der Waals surface area contributed by atoms with Crippen molar-refractivity contribution < 1.29 is 22.7 Å². The van der Waals surface area contributed by atoms with Crippen molar-refractivity contribution in [2.45, 2.75) is 49.8 Å². The number of amides is 2. The van der Waals surface area contributed by atoms with E-state index in [1.807, 2.05) is 13.8 Å². The van der Waals surface area contributed by atoms with Crippen molar-refractivity contribution in [1.82, 2.24) is 9.62 Å². The lowest BCUT2D eigenvalue weighted by Gasteiger charge is -2.34. The Balaban J connectivity index is 1.44. The van der Waals surface area contributed by atoms with E-state index in [4.69, 9.17) is 4.74 Å². The number of benzene rings is 2. The lowest BCUT2D eigenvalue weighted by molar-refractivity contribution is -0.0440. The molecule has 2 aromatic rings. The van der Waals surface area contributed by atoms with E-state index in [1.165, 1.54) is 28.6 Å². The van der Waals surface area contributed by atoms with Crippen LogP contribution in [0.4, 0.5) is 5.69 Å². The average molecular weight is 458 g/mol. The highest BCUT2D eigenvalue weighted by Crippen LogP contribution is 2.22. The fraction of sp³-hybridized carbons (Fsp3) is 0.391. The van der Waals surface area contributed by atoms with Gasteiger partial charge in [-0.05, 0) is 69.2 Å². The zero-order valence-corrected chi connectivity index (χ0v) is 18.9. The van der Waals surface area contributed by atoms with Crippen molar-refractivity contribution in [3.8, 4) is 0 Å². The highest BCUT2D eigenvalue weighted by molar-refractivity contribution is 7.89. The second kappa shape index (κ2) is 9.01. The molecular formula is C23H27N3O5S. The number of rotatable bonds is 6. The summed E-state index contributed by atoms with van der Waals surface area (Å²) >= 11 is 0. The van der Waals surface area contributed by atoms with Crippen molar-refractivity contribution in [3.63, 3.8) is 0 Å². The number of hydrogen-bond acceptors (Lipinski definition) is 5. The summed E-state index contributed by atoms with van der Waals surface area (Å²) < 4.78 is 33.0. The lowest BCUT2D eigenvalue weighted by atomic mass is 10.1. The summed E-state index contributed by atoms with van der Waals surface area (Å²) in [4.78, 5) is 25.0. The van der Waals surface area contributed by atoms with Crippen molar-refractivity contribution in [1.29, 1.82) is 0 Å². The quantitative estimate of drug-likeness (QED) is 0.694. The highest BCUT2D eigenvalue weighted by atomic mass is 32.2. The van der Waals surface area contributed by atoms with Crippen LogP contribution in [0.15, 0.2) is 53.4 Å². The van der Waals surface area contributed by atoms with E-state index in [1.54, 1.807) is 24.3 Å². The van der Waals surface area contributed by atoms with Crippen LogP contribution in [0, 0.1) is 0 Å². The molecule has 8 nitrogen and oxygen atoms in total. The Labute approximate surface area is 188 Å². The third-order valence-corrected chi connectivity index (χ3v) is 7.28. The predicted octanol–water partition coefficient (Wildman–Crippen LogP) is 2.63. The standard InChI is InChI=1S/C23H27N3O5S/c1-15-13-26(14-16(2)31-15)32(29,30)21-10-6-17(7-11-21)22(27)25-20-5-3-4-18(12-20)23(28)24-19-8-9-19/h3-7,10-12,15-16,19H,8-9,13-14H2,1-2H3,(H,24,28)(H,25,27)/t15-,16-/m1/s1. The molecule has 1 saturated heterocycles. The number of nitrogens with one attached hydrogen (secondary N) is 2. The molecule has 4 rings (SSSR count). The average Bonchev–Trinajstić information content (AvgIpc) is 3.57. The van der Waals surface area contributed by atoms with Crippen LogP contribution in [0.2, 0.25) is 0 Å². The molecule has 170 valence electrons. The summed E-state index contributed by atoms with van der Waals surface area (Å²) in [5, 5.41) is 5.68. The zero-order valence-electron chi connectivity index (χ0n) is 18.1. The minimum atomic E-state index is -3.67. The Bertz CT molecular complexity index is 1100. The molecular weight excluding hydrogens is 430 g/mol. The SMILES string of the molecule is C[C@@H]1CN(S(=O)(=O)c2ccc(C(=O)Nc3cccc(C(=O)NC4CC4)c3)cc2)C[C@@H](C)O1. The number of carbonyl (C=O) groups is 2. The van der Waals surface area contributed by atoms with Gasteiger partial charge in [-0.3, -0.25) is 9.59 Å². The smallest absolute Gasteiger partial charge is 0.255 e. The summed E-state index contributed by atoms with van der Waals surface area (Å²) in [6.45, 7) is 4.27. The Hall–Kier alpha value is -2.75. The summed E-state index contributed by atoms with van der Waals surface area (Å²) in [7, 11) is -3.67. The van der Waals surface area contributed by atoms with Crippen molar-refractivity contribution >= 4 is 27.5 Å². The molecule has 2 amide bonds. The first kappa shape index (κ1) is 22.4. The normalized spacial score (nSPS) is 21.7. The molecule has 2 aliphatic rings. The highest BCUT2D eigenvalue weighted by Gasteiger charge is 2.32. The van der Waals surface area contributed by atoms with E-state index in [0.29, 0.717) is 29.9 Å². The van der Waals surface area contributed by atoms with Gasteiger partial charge in [0, 0.05) is 35.9 Å². The molecule has 1 saturated carbocycles. The Morgan fingerprint density at radius 2 is 1.59 bits per heavy atom. The fourth-order valence-electron chi connectivity index (χ4n) is 3.69. The van der Waals surface area contributed by atoms with E-state index >= 15 is 0 Å². The van der Waals surface area contributed by atoms with Crippen molar-refractivity contribution in [3.05, 3.63) is 59.7 Å². The topological polar surface area (TPSA) is 105 Å². The third-order valence-electron chi connectivity index (χ3n) is 5.44. The molecule has 2 atom stereocenters. The largest absolute Gasteiger partial charge is 0.373 e. The summed E-state index contributed by atoms with van der Waals surface area (Å²) in [6, 6.07) is 12.8. The maximum absolute atomic E-state index is 13.0. The van der Waals surface area contributed by atoms with Gasteiger partial charge in [0.1, 0.15) is 0 Å². The lowest BCUT2D eigenvalue weighted by Crippen LogP contribution is -2.48. The van der Waals surface area contributed by atoms with E-state index in [-0.39, 0.29) is 35.0 Å². The second-order valence-electron chi connectivity index (χ2n) is 8.39. The number of ether oxygens (including phenoxy) is 1. The molecule has 2 N–H and O–H groups in total. The summed E-state index contributed by atoms with van der Waals surface area (Å²) in [5.41, 5.74) is 1.29. The number of sulfonamides is 1. The van der Waals surface area contributed by atoms with E-state index in [2.05, 4.69) is 10.6 Å². The van der Waals surface area contributed by atoms with Crippen LogP contribution in [-0.2, 0) is 14.8 Å². The maximum atomic E-state index is 13.0. The van der Waals surface area contributed by atoms with Gasteiger partial charge >= 0.3 is 0 Å². The van der Waals surface area contributed by atoms with Gasteiger partial charge in [-0.25, -0.2) is 8.42 Å². The van der Waals surface area contributed by atoms with Crippen molar-refractivity contribution in [2.75, 3.05) is 18.4 Å². The second-order valence-corrected chi connectivity index (χ2v) is 10.3. The molecule has 1 aliphatic carbocycles. The number of morpholine rings is 1. The van der Waals surface area contributed by atoms with Gasteiger partial charge in [-0.2, -0.15) is 4.31 Å². The first-order valence-corrected chi connectivity index (χ1v) is 12.1. The molecule has 0 aromatic heterocycles. The van der Waals surface area contributed by atoms with Gasteiger partial charge in [0.15, 0.2) is 0 Å². The van der Waals surface area contributed by atoms with E-state index < -0.39 is 10.0 Å². The molecule has 1 aliphatic heterocycles. The summed E-state index contributed by atoms with van der Waals surface area (Å²) in [5.74, 6) is -0.549. The van der Waals surface area contributed by atoms with Crippen LogP contribution >= 0.6 is 0 Å². The van der Waals surface area contributed by atoms with Crippen LogP contribution in [0.25, 0.3) is 0 Å². The summed E-state index contributed by atoms with van der Waals surface area (Å²) in [6.07, 6.45) is 1.64. The third kappa shape index (κ3) is 5.17. The maximum Gasteiger partial charge on any atom is 0.255 e. The van der Waals surface area contributed by atoms with E-state index in [9.17, 15) is 18.0 Å². The first-order valence-electron chi connectivity index (χ1n) is 10.7. The minimum absolute atomic E-state index is 0.133. The predicted molar refractivity (Wildman–Crippen MR) is 120 cm³/mol. The van der Waals surface area contributed by atoms with Gasteiger partial charge in [0.2, 0.25) is 10.0 Å². The Morgan fingerprint density at radius 1 is 0.938 bits per heavy atom. The van der Waals surface area contributed by atoms with Crippen LogP contribution in [0.1, 0.15) is 47.4 Å². The van der Waals surface area contributed by atoms with Gasteiger partial charge in [-0.1, -0.05) is 6.07 Å². The monoisotopic (exact) mass is 457 g/mol.